The second kappa shape index (κ2) is 7.54. The SMILES string of the molecule is COc1ccc2c(n1)CC1(CCN(c3nc(C)c(-c4ccccc4F)n4nccc34)CC1)C2. The first-order valence-electron chi connectivity index (χ1n) is 11.4. The number of hydrogen-bond acceptors (Lipinski definition) is 5. The zero-order valence-electron chi connectivity index (χ0n) is 18.9. The van der Waals surface area contributed by atoms with E-state index in [0.717, 1.165) is 55.8 Å². The van der Waals surface area contributed by atoms with Gasteiger partial charge < -0.3 is 9.64 Å². The molecule has 0 N–H and O–H groups in total. The predicted octanol–water partition coefficient (Wildman–Crippen LogP) is 4.63. The molecule has 0 saturated carbocycles. The number of ether oxygens (including phenoxy) is 1. The Kier molecular flexibility index (Phi) is 4.60. The van der Waals surface area contributed by atoms with E-state index in [4.69, 9.17) is 14.7 Å². The maximum Gasteiger partial charge on any atom is 0.213 e. The fourth-order valence-electron chi connectivity index (χ4n) is 5.57. The van der Waals surface area contributed by atoms with Crippen LogP contribution in [-0.2, 0) is 12.8 Å². The molecule has 1 aromatic carbocycles. The van der Waals surface area contributed by atoms with Crippen LogP contribution in [0.4, 0.5) is 10.2 Å². The first-order valence-corrected chi connectivity index (χ1v) is 11.4. The normalized spacial score (nSPS) is 17.0. The molecule has 33 heavy (non-hydrogen) atoms. The fraction of sp³-hybridized carbons (Fsp3) is 0.346. The van der Waals surface area contributed by atoms with Crippen molar-refractivity contribution in [1.29, 1.82) is 0 Å². The van der Waals surface area contributed by atoms with Gasteiger partial charge >= 0.3 is 0 Å². The Morgan fingerprint density at radius 1 is 1.00 bits per heavy atom. The van der Waals surface area contributed by atoms with Gasteiger partial charge in [0.25, 0.3) is 0 Å². The third-order valence-corrected chi connectivity index (χ3v) is 7.31. The Morgan fingerprint density at radius 2 is 1.82 bits per heavy atom. The lowest BCUT2D eigenvalue weighted by molar-refractivity contribution is 0.231. The zero-order valence-corrected chi connectivity index (χ0v) is 18.9. The van der Waals surface area contributed by atoms with E-state index >= 15 is 0 Å². The monoisotopic (exact) mass is 443 g/mol. The van der Waals surface area contributed by atoms with Crippen molar-refractivity contribution in [3.8, 4) is 17.1 Å². The molecule has 0 amide bonds. The smallest absolute Gasteiger partial charge is 0.213 e. The van der Waals surface area contributed by atoms with Crippen molar-refractivity contribution in [3.63, 3.8) is 0 Å². The quantitative estimate of drug-likeness (QED) is 0.462. The molecule has 0 atom stereocenters. The summed E-state index contributed by atoms with van der Waals surface area (Å²) in [5, 5.41) is 4.53. The number of pyridine rings is 1. The van der Waals surface area contributed by atoms with Crippen LogP contribution in [0.3, 0.4) is 0 Å². The third kappa shape index (κ3) is 3.25. The Hall–Kier alpha value is -3.48. The molecule has 0 unspecified atom stereocenters. The molecule has 1 fully saturated rings. The Labute approximate surface area is 192 Å². The maximum absolute atomic E-state index is 14.6. The lowest BCUT2D eigenvalue weighted by atomic mass is 9.76. The number of methoxy groups -OCH3 is 1. The number of benzene rings is 1. The van der Waals surface area contributed by atoms with Gasteiger partial charge in [-0.25, -0.2) is 18.9 Å². The standard InChI is InChI=1S/C26H26FN5O/c1-17-24(19-5-3-4-6-20(19)27)32-22(9-12-28-32)25(29-17)31-13-10-26(11-14-31)15-18-7-8-23(33-2)30-21(18)16-26/h3-9,12H,10-11,13-16H2,1-2H3. The predicted molar refractivity (Wildman–Crippen MR) is 125 cm³/mol. The van der Waals surface area contributed by atoms with E-state index in [9.17, 15) is 4.39 Å². The summed E-state index contributed by atoms with van der Waals surface area (Å²) < 4.78 is 21.7. The van der Waals surface area contributed by atoms with Crippen molar-refractivity contribution in [2.24, 2.45) is 5.41 Å². The van der Waals surface area contributed by atoms with Gasteiger partial charge in [0, 0.05) is 30.4 Å². The van der Waals surface area contributed by atoms with Crippen molar-refractivity contribution in [3.05, 3.63) is 71.4 Å². The molecule has 1 saturated heterocycles. The summed E-state index contributed by atoms with van der Waals surface area (Å²) >= 11 is 0. The van der Waals surface area contributed by atoms with Crippen LogP contribution in [-0.4, -0.2) is 39.8 Å². The highest BCUT2D eigenvalue weighted by Crippen LogP contribution is 2.45. The maximum atomic E-state index is 14.6. The van der Waals surface area contributed by atoms with Gasteiger partial charge in [-0.1, -0.05) is 18.2 Å². The number of aryl methyl sites for hydroxylation is 1. The molecule has 4 aromatic rings. The average Bonchev–Trinajstić information content (AvgIpc) is 3.44. The molecule has 4 heterocycles. The van der Waals surface area contributed by atoms with Crippen LogP contribution in [0.25, 0.3) is 16.8 Å². The number of halogens is 1. The summed E-state index contributed by atoms with van der Waals surface area (Å²) in [5.74, 6) is 1.36. The number of nitrogens with zero attached hydrogens (tertiary/aromatic N) is 5. The van der Waals surface area contributed by atoms with Gasteiger partial charge in [-0.2, -0.15) is 5.10 Å². The number of fused-ring (bicyclic) bond motifs is 2. The number of hydrogen-bond donors (Lipinski definition) is 0. The van der Waals surface area contributed by atoms with E-state index in [-0.39, 0.29) is 11.2 Å². The minimum atomic E-state index is -0.266. The Bertz CT molecular complexity index is 1360. The summed E-state index contributed by atoms with van der Waals surface area (Å²) in [6, 6.07) is 12.9. The Balaban J connectivity index is 1.29. The minimum Gasteiger partial charge on any atom is -0.481 e. The summed E-state index contributed by atoms with van der Waals surface area (Å²) in [6.45, 7) is 3.79. The molecule has 7 heteroatoms. The molecule has 2 aliphatic rings. The average molecular weight is 444 g/mol. The van der Waals surface area contributed by atoms with Gasteiger partial charge in [-0.3, -0.25) is 0 Å². The fourth-order valence-corrected chi connectivity index (χ4v) is 5.57. The molecule has 1 aliphatic carbocycles. The van der Waals surface area contributed by atoms with Crippen LogP contribution in [0.5, 0.6) is 5.88 Å². The van der Waals surface area contributed by atoms with Crippen molar-refractivity contribution in [2.45, 2.75) is 32.6 Å². The molecule has 1 aliphatic heterocycles. The summed E-state index contributed by atoms with van der Waals surface area (Å²) in [7, 11) is 1.67. The highest BCUT2D eigenvalue weighted by Gasteiger charge is 2.41. The van der Waals surface area contributed by atoms with Gasteiger partial charge in [-0.05, 0) is 61.8 Å². The molecular weight excluding hydrogens is 417 g/mol. The highest BCUT2D eigenvalue weighted by atomic mass is 19.1. The van der Waals surface area contributed by atoms with Crippen LogP contribution in [0.1, 0.15) is 29.8 Å². The first kappa shape index (κ1) is 20.1. The number of anilines is 1. The van der Waals surface area contributed by atoms with Crippen LogP contribution < -0.4 is 9.64 Å². The van der Waals surface area contributed by atoms with Gasteiger partial charge in [0.1, 0.15) is 11.3 Å². The lowest BCUT2D eigenvalue weighted by Crippen LogP contribution is -2.41. The highest BCUT2D eigenvalue weighted by molar-refractivity contribution is 5.75. The van der Waals surface area contributed by atoms with Gasteiger partial charge in [0.2, 0.25) is 5.88 Å². The Morgan fingerprint density at radius 3 is 2.61 bits per heavy atom. The molecular formula is C26H26FN5O. The lowest BCUT2D eigenvalue weighted by Gasteiger charge is -2.40. The largest absolute Gasteiger partial charge is 0.481 e. The zero-order chi connectivity index (χ0) is 22.6. The van der Waals surface area contributed by atoms with Crippen LogP contribution in [0.15, 0.2) is 48.7 Å². The minimum absolute atomic E-state index is 0.261. The van der Waals surface area contributed by atoms with Crippen LogP contribution >= 0.6 is 0 Å². The van der Waals surface area contributed by atoms with E-state index in [2.05, 4.69) is 16.1 Å². The topological polar surface area (TPSA) is 55.5 Å². The molecule has 168 valence electrons. The molecule has 0 radical (unpaired) electrons. The third-order valence-electron chi connectivity index (χ3n) is 7.31. The van der Waals surface area contributed by atoms with Crippen molar-refractivity contribution in [1.82, 2.24) is 19.6 Å². The first-order chi connectivity index (χ1) is 16.1. The molecule has 6 rings (SSSR count). The second-order valence-electron chi connectivity index (χ2n) is 9.28. The number of piperidine rings is 1. The number of aromatic nitrogens is 4. The van der Waals surface area contributed by atoms with Crippen molar-refractivity contribution in [2.75, 3.05) is 25.1 Å². The van der Waals surface area contributed by atoms with Gasteiger partial charge in [0.15, 0.2) is 5.82 Å². The van der Waals surface area contributed by atoms with Crippen LogP contribution in [0, 0.1) is 18.2 Å². The van der Waals surface area contributed by atoms with E-state index in [0.29, 0.717) is 17.1 Å². The van der Waals surface area contributed by atoms with E-state index < -0.39 is 0 Å². The summed E-state index contributed by atoms with van der Waals surface area (Å²) in [5.41, 5.74) is 5.71. The summed E-state index contributed by atoms with van der Waals surface area (Å²) in [4.78, 5) is 12.0. The van der Waals surface area contributed by atoms with E-state index in [1.165, 1.54) is 17.3 Å². The van der Waals surface area contributed by atoms with Crippen molar-refractivity contribution < 1.29 is 9.13 Å². The molecule has 3 aromatic heterocycles. The second-order valence-corrected chi connectivity index (χ2v) is 9.28. The van der Waals surface area contributed by atoms with Gasteiger partial charge in [-0.15, -0.1) is 0 Å². The van der Waals surface area contributed by atoms with Gasteiger partial charge in [0.05, 0.1) is 24.7 Å². The molecule has 1 spiro atoms. The van der Waals surface area contributed by atoms with E-state index in [1.54, 1.807) is 25.4 Å². The summed E-state index contributed by atoms with van der Waals surface area (Å²) in [6.07, 6.45) is 6.02. The number of rotatable bonds is 3. The molecule has 6 nitrogen and oxygen atoms in total. The van der Waals surface area contributed by atoms with Crippen LogP contribution in [0.2, 0.25) is 0 Å². The molecule has 0 bridgehead atoms. The van der Waals surface area contributed by atoms with Crippen molar-refractivity contribution >= 4 is 11.3 Å². The van der Waals surface area contributed by atoms with E-state index in [1.807, 2.05) is 29.6 Å².